The fourth-order valence-corrected chi connectivity index (χ4v) is 2.92. The molecule has 1 aromatic heterocycles. The molecule has 0 N–H and O–H groups in total. The van der Waals surface area contributed by atoms with Crippen molar-refractivity contribution < 1.29 is 0 Å². The van der Waals surface area contributed by atoms with E-state index in [4.69, 9.17) is 11.6 Å². The van der Waals surface area contributed by atoms with E-state index in [2.05, 4.69) is 30.8 Å². The van der Waals surface area contributed by atoms with Gasteiger partial charge in [0.05, 0.1) is 4.47 Å². The largest absolute Gasteiger partial charge is 0.353 e. The first-order valence-corrected chi connectivity index (χ1v) is 6.94. The van der Waals surface area contributed by atoms with Gasteiger partial charge in [0.2, 0.25) is 0 Å². The molecule has 1 aromatic rings. The van der Waals surface area contributed by atoms with Crippen molar-refractivity contribution in [2.75, 3.05) is 17.3 Å². The molecule has 2 rings (SSSR count). The third-order valence-corrected chi connectivity index (χ3v) is 3.77. The van der Waals surface area contributed by atoms with Crippen LogP contribution >= 0.6 is 27.5 Å². The Labute approximate surface area is 109 Å². The van der Waals surface area contributed by atoms with Gasteiger partial charge in [-0.1, -0.05) is 0 Å². The van der Waals surface area contributed by atoms with E-state index in [0.717, 1.165) is 23.3 Å². The summed E-state index contributed by atoms with van der Waals surface area (Å²) in [5.41, 5.74) is 0. The minimum Gasteiger partial charge on any atom is -0.353 e. The Morgan fingerprint density at radius 1 is 1.50 bits per heavy atom. The predicted molar refractivity (Wildman–Crippen MR) is 70.1 cm³/mol. The highest BCUT2D eigenvalue weighted by Gasteiger charge is 2.24. The molecule has 0 saturated carbocycles. The molecule has 0 spiro atoms. The quantitative estimate of drug-likeness (QED) is 0.803. The summed E-state index contributed by atoms with van der Waals surface area (Å²) in [6.45, 7) is 1.07. The number of anilines is 1. The van der Waals surface area contributed by atoms with Gasteiger partial charge >= 0.3 is 0 Å². The maximum absolute atomic E-state index is 5.86. The number of halogens is 2. The highest BCUT2D eigenvalue weighted by molar-refractivity contribution is 9.10. The van der Waals surface area contributed by atoms with Gasteiger partial charge in [0.15, 0.2) is 0 Å². The Morgan fingerprint density at radius 2 is 2.38 bits per heavy atom. The maximum Gasteiger partial charge on any atom is 0.146 e. The third-order valence-electron chi connectivity index (χ3n) is 2.99. The summed E-state index contributed by atoms with van der Waals surface area (Å²) in [6.07, 6.45) is 8.16. The molecule has 0 radical (unpaired) electrons. The summed E-state index contributed by atoms with van der Waals surface area (Å²) in [5, 5.41) is 0. The SMILES string of the molecule is ClCCC1CCCCN1c1ncncc1Br. The first kappa shape index (κ1) is 12.1. The summed E-state index contributed by atoms with van der Waals surface area (Å²) in [6, 6.07) is 0.525. The van der Waals surface area contributed by atoms with Crippen molar-refractivity contribution in [3.63, 3.8) is 0 Å². The molecular formula is C11H15BrClN3. The highest BCUT2D eigenvalue weighted by atomic mass is 79.9. The van der Waals surface area contributed by atoms with E-state index in [0.29, 0.717) is 11.9 Å². The topological polar surface area (TPSA) is 29.0 Å². The molecule has 3 nitrogen and oxygen atoms in total. The van der Waals surface area contributed by atoms with E-state index in [1.165, 1.54) is 19.3 Å². The van der Waals surface area contributed by atoms with Crippen LogP contribution in [0.25, 0.3) is 0 Å². The van der Waals surface area contributed by atoms with E-state index in [1.807, 2.05) is 0 Å². The third kappa shape index (κ3) is 2.66. The van der Waals surface area contributed by atoms with Crippen LogP contribution in [0.1, 0.15) is 25.7 Å². The lowest BCUT2D eigenvalue weighted by molar-refractivity contribution is 0.447. The van der Waals surface area contributed by atoms with Crippen molar-refractivity contribution in [1.82, 2.24) is 9.97 Å². The zero-order valence-electron chi connectivity index (χ0n) is 9.07. The summed E-state index contributed by atoms with van der Waals surface area (Å²) < 4.78 is 0.969. The van der Waals surface area contributed by atoms with Crippen molar-refractivity contribution in [1.29, 1.82) is 0 Å². The Hall–Kier alpha value is -0.350. The average Bonchev–Trinajstić information content (AvgIpc) is 2.31. The number of aromatic nitrogens is 2. The number of nitrogens with zero attached hydrogens (tertiary/aromatic N) is 3. The fourth-order valence-electron chi connectivity index (χ4n) is 2.22. The van der Waals surface area contributed by atoms with Crippen molar-refractivity contribution >= 4 is 33.3 Å². The van der Waals surface area contributed by atoms with Crippen molar-refractivity contribution in [2.45, 2.75) is 31.7 Å². The summed E-state index contributed by atoms with van der Waals surface area (Å²) in [7, 11) is 0. The first-order valence-electron chi connectivity index (χ1n) is 5.61. The van der Waals surface area contributed by atoms with Crippen LogP contribution in [-0.4, -0.2) is 28.4 Å². The Bertz CT molecular complexity index is 346. The van der Waals surface area contributed by atoms with Gasteiger partial charge < -0.3 is 4.90 Å². The highest BCUT2D eigenvalue weighted by Crippen LogP contribution is 2.29. The van der Waals surface area contributed by atoms with Crippen LogP contribution in [0, 0.1) is 0 Å². The van der Waals surface area contributed by atoms with Crippen LogP contribution in [0.2, 0.25) is 0 Å². The molecule has 1 aliphatic heterocycles. The lowest BCUT2D eigenvalue weighted by Crippen LogP contribution is -2.40. The number of rotatable bonds is 3. The monoisotopic (exact) mass is 303 g/mol. The minimum absolute atomic E-state index is 0.525. The molecular weight excluding hydrogens is 289 g/mol. The van der Waals surface area contributed by atoms with Crippen molar-refractivity contribution in [3.8, 4) is 0 Å². The fraction of sp³-hybridized carbons (Fsp3) is 0.636. The zero-order chi connectivity index (χ0) is 11.4. The molecule has 1 saturated heterocycles. The predicted octanol–water partition coefficient (Wildman–Crippen LogP) is 3.23. The van der Waals surface area contributed by atoms with E-state index in [9.17, 15) is 0 Å². The zero-order valence-corrected chi connectivity index (χ0v) is 11.4. The summed E-state index contributed by atoms with van der Waals surface area (Å²) in [4.78, 5) is 10.7. The number of alkyl halides is 1. The standard InChI is InChI=1S/C11H15BrClN3/c12-10-7-14-8-15-11(10)16-6-2-1-3-9(16)4-5-13/h7-9H,1-6H2. The minimum atomic E-state index is 0.525. The molecule has 88 valence electrons. The van der Waals surface area contributed by atoms with Crippen LogP contribution in [0.5, 0.6) is 0 Å². The first-order chi connectivity index (χ1) is 7.83. The molecule has 1 aliphatic rings. The molecule has 2 heterocycles. The van der Waals surface area contributed by atoms with Crippen LogP contribution < -0.4 is 4.90 Å². The van der Waals surface area contributed by atoms with Crippen molar-refractivity contribution in [3.05, 3.63) is 17.0 Å². The van der Waals surface area contributed by atoms with Gasteiger partial charge in [0, 0.05) is 24.7 Å². The second-order valence-electron chi connectivity index (χ2n) is 4.01. The van der Waals surface area contributed by atoms with Gasteiger partial charge in [-0.3, -0.25) is 0 Å². The lowest BCUT2D eigenvalue weighted by Gasteiger charge is -2.36. The van der Waals surface area contributed by atoms with E-state index < -0.39 is 0 Å². The molecule has 0 aliphatic carbocycles. The summed E-state index contributed by atoms with van der Waals surface area (Å²) >= 11 is 9.37. The van der Waals surface area contributed by atoms with Crippen LogP contribution in [0.4, 0.5) is 5.82 Å². The summed E-state index contributed by atoms with van der Waals surface area (Å²) in [5.74, 6) is 1.72. The van der Waals surface area contributed by atoms with Gasteiger partial charge in [-0.2, -0.15) is 0 Å². The number of hydrogen-bond donors (Lipinski definition) is 0. The molecule has 0 bridgehead atoms. The molecule has 0 aromatic carbocycles. The molecule has 1 fully saturated rings. The molecule has 1 unspecified atom stereocenters. The molecule has 16 heavy (non-hydrogen) atoms. The van der Waals surface area contributed by atoms with Crippen molar-refractivity contribution in [2.24, 2.45) is 0 Å². The van der Waals surface area contributed by atoms with E-state index in [1.54, 1.807) is 12.5 Å². The Morgan fingerprint density at radius 3 is 3.12 bits per heavy atom. The average molecular weight is 305 g/mol. The van der Waals surface area contributed by atoms with Gasteiger partial charge in [-0.15, -0.1) is 11.6 Å². The van der Waals surface area contributed by atoms with E-state index >= 15 is 0 Å². The van der Waals surface area contributed by atoms with Gasteiger partial charge in [-0.05, 0) is 41.6 Å². The Kier molecular flexibility index (Phi) is 4.41. The molecule has 1 atom stereocenters. The number of piperidine rings is 1. The number of hydrogen-bond acceptors (Lipinski definition) is 3. The van der Waals surface area contributed by atoms with Gasteiger partial charge in [-0.25, -0.2) is 9.97 Å². The van der Waals surface area contributed by atoms with E-state index in [-0.39, 0.29) is 0 Å². The van der Waals surface area contributed by atoms with Crippen LogP contribution in [0.15, 0.2) is 17.0 Å². The smallest absolute Gasteiger partial charge is 0.146 e. The van der Waals surface area contributed by atoms with Crippen LogP contribution in [-0.2, 0) is 0 Å². The Balaban J connectivity index is 2.19. The molecule has 5 heteroatoms. The lowest BCUT2D eigenvalue weighted by atomic mass is 10.00. The second kappa shape index (κ2) is 5.82. The second-order valence-corrected chi connectivity index (χ2v) is 5.25. The van der Waals surface area contributed by atoms with Gasteiger partial charge in [0.25, 0.3) is 0 Å². The maximum atomic E-state index is 5.86. The normalized spacial score (nSPS) is 21.1. The van der Waals surface area contributed by atoms with Crippen LogP contribution in [0.3, 0.4) is 0 Å². The molecule has 0 amide bonds. The van der Waals surface area contributed by atoms with Gasteiger partial charge in [0.1, 0.15) is 12.1 Å².